The van der Waals surface area contributed by atoms with Crippen LogP contribution in [0.4, 0.5) is 0 Å². The van der Waals surface area contributed by atoms with Gasteiger partial charge in [-0.15, -0.1) is 0 Å². The Labute approximate surface area is 107 Å². The van der Waals surface area contributed by atoms with Crippen LogP contribution in [0, 0.1) is 3.57 Å². The van der Waals surface area contributed by atoms with Gasteiger partial charge in [-0.2, -0.15) is 0 Å². The summed E-state index contributed by atoms with van der Waals surface area (Å²) in [7, 11) is 3.01. The zero-order valence-corrected chi connectivity index (χ0v) is 11.0. The molecule has 0 bridgehead atoms. The highest BCUT2D eigenvalue weighted by Crippen LogP contribution is 2.34. The molecule has 0 aliphatic heterocycles. The van der Waals surface area contributed by atoms with Crippen LogP contribution in [0.2, 0.25) is 0 Å². The van der Waals surface area contributed by atoms with E-state index in [9.17, 15) is 4.79 Å². The number of hydrogen-bond donors (Lipinski definition) is 2. The summed E-state index contributed by atoms with van der Waals surface area (Å²) in [5.41, 5.74) is 6.00. The topological polar surface area (TPSA) is 81.8 Å². The van der Waals surface area contributed by atoms with Gasteiger partial charge in [-0.1, -0.05) is 0 Å². The maximum Gasteiger partial charge on any atom is 0.325 e. The lowest BCUT2D eigenvalue weighted by atomic mass is 10.1. The van der Waals surface area contributed by atoms with Crippen molar-refractivity contribution in [2.24, 2.45) is 5.73 Å². The van der Waals surface area contributed by atoms with Crippen LogP contribution in [0.5, 0.6) is 11.5 Å². The Bertz CT molecular complexity index is 408. The van der Waals surface area contributed by atoms with E-state index >= 15 is 0 Å². The molecular formula is C10H12INO4. The zero-order chi connectivity index (χ0) is 12.3. The second kappa shape index (κ2) is 5.35. The van der Waals surface area contributed by atoms with Gasteiger partial charge >= 0.3 is 5.97 Å². The Morgan fingerprint density at radius 3 is 2.50 bits per heavy atom. The first kappa shape index (κ1) is 13.0. The smallest absolute Gasteiger partial charge is 0.325 e. The predicted octanol–water partition coefficient (Wildman–Crippen LogP) is 1.39. The van der Waals surface area contributed by atoms with Gasteiger partial charge in [0.1, 0.15) is 6.04 Å². The minimum atomic E-state index is -1.08. The summed E-state index contributed by atoms with van der Waals surface area (Å²) in [6.07, 6.45) is 0. The molecule has 5 nitrogen and oxygen atoms in total. The van der Waals surface area contributed by atoms with E-state index in [1.54, 1.807) is 12.1 Å². The molecule has 6 heteroatoms. The Hall–Kier alpha value is -1.02. The monoisotopic (exact) mass is 337 g/mol. The third-order valence-electron chi connectivity index (χ3n) is 2.08. The molecule has 0 saturated carbocycles. The number of rotatable bonds is 4. The van der Waals surface area contributed by atoms with Crippen molar-refractivity contribution in [2.75, 3.05) is 14.2 Å². The zero-order valence-electron chi connectivity index (χ0n) is 8.86. The Morgan fingerprint density at radius 2 is 2.06 bits per heavy atom. The molecule has 0 heterocycles. The number of ether oxygens (including phenoxy) is 2. The first-order chi connectivity index (χ1) is 7.51. The minimum absolute atomic E-state index is 0.473. The molecule has 0 spiro atoms. The van der Waals surface area contributed by atoms with Crippen molar-refractivity contribution in [3.8, 4) is 11.5 Å². The number of aliphatic carboxylic acids is 1. The maximum absolute atomic E-state index is 10.8. The van der Waals surface area contributed by atoms with E-state index in [1.165, 1.54) is 14.2 Å². The summed E-state index contributed by atoms with van der Waals surface area (Å²) in [5.74, 6) is -0.0337. The highest BCUT2D eigenvalue weighted by molar-refractivity contribution is 14.1. The number of carboxylic acids is 1. The number of carbonyl (C=O) groups is 1. The average molecular weight is 337 g/mol. The lowest BCUT2D eigenvalue weighted by molar-refractivity contribution is -0.138. The molecule has 0 fully saturated rings. The summed E-state index contributed by atoms with van der Waals surface area (Å²) in [6, 6.07) is 2.17. The summed E-state index contributed by atoms with van der Waals surface area (Å²) < 4.78 is 11.0. The normalized spacial score (nSPS) is 12.0. The number of nitrogens with two attached hydrogens (primary N) is 1. The SMILES string of the molecule is COc1cc([C@H](N)C(=O)O)cc(I)c1OC. The largest absolute Gasteiger partial charge is 0.493 e. The number of benzene rings is 1. The van der Waals surface area contributed by atoms with Crippen molar-refractivity contribution >= 4 is 28.6 Å². The minimum Gasteiger partial charge on any atom is -0.493 e. The van der Waals surface area contributed by atoms with Gasteiger partial charge in [-0.25, -0.2) is 0 Å². The van der Waals surface area contributed by atoms with E-state index in [2.05, 4.69) is 0 Å². The quantitative estimate of drug-likeness (QED) is 0.812. The van der Waals surface area contributed by atoms with Crippen LogP contribution in [-0.4, -0.2) is 25.3 Å². The molecule has 0 aliphatic rings. The van der Waals surface area contributed by atoms with E-state index < -0.39 is 12.0 Å². The Kier molecular flexibility index (Phi) is 4.36. The average Bonchev–Trinajstić information content (AvgIpc) is 2.26. The van der Waals surface area contributed by atoms with Crippen LogP contribution in [0.3, 0.4) is 0 Å². The molecule has 3 N–H and O–H groups in total. The Balaban J connectivity index is 3.25. The molecular weight excluding hydrogens is 325 g/mol. The third kappa shape index (κ3) is 2.56. The van der Waals surface area contributed by atoms with Crippen molar-refractivity contribution in [1.29, 1.82) is 0 Å². The number of methoxy groups -OCH3 is 2. The van der Waals surface area contributed by atoms with Crippen molar-refractivity contribution in [2.45, 2.75) is 6.04 Å². The van der Waals surface area contributed by atoms with Gasteiger partial charge in [0.25, 0.3) is 0 Å². The third-order valence-corrected chi connectivity index (χ3v) is 2.88. The van der Waals surface area contributed by atoms with Gasteiger partial charge in [-0.05, 0) is 40.3 Å². The van der Waals surface area contributed by atoms with E-state index in [0.717, 1.165) is 3.57 Å². The second-order valence-electron chi connectivity index (χ2n) is 3.05. The molecule has 0 aromatic heterocycles. The van der Waals surface area contributed by atoms with Crippen molar-refractivity contribution < 1.29 is 19.4 Å². The fraction of sp³-hybridized carbons (Fsp3) is 0.300. The van der Waals surface area contributed by atoms with Crippen molar-refractivity contribution in [3.05, 3.63) is 21.3 Å². The van der Waals surface area contributed by atoms with E-state index in [1.807, 2.05) is 22.6 Å². The lowest BCUT2D eigenvalue weighted by Gasteiger charge is -2.13. The van der Waals surface area contributed by atoms with Gasteiger partial charge in [-0.3, -0.25) is 4.79 Å². The van der Waals surface area contributed by atoms with Crippen LogP contribution in [0.15, 0.2) is 12.1 Å². The van der Waals surface area contributed by atoms with Crippen LogP contribution in [-0.2, 0) is 4.79 Å². The van der Waals surface area contributed by atoms with Gasteiger partial charge in [0.2, 0.25) is 0 Å². The molecule has 1 rings (SSSR count). The highest BCUT2D eigenvalue weighted by atomic mass is 127. The van der Waals surface area contributed by atoms with E-state index in [4.69, 9.17) is 20.3 Å². The second-order valence-corrected chi connectivity index (χ2v) is 4.22. The molecule has 0 saturated heterocycles. The molecule has 1 aromatic carbocycles. The van der Waals surface area contributed by atoms with Crippen LogP contribution in [0.25, 0.3) is 0 Å². The standard InChI is InChI=1S/C10H12INO4/c1-15-7-4-5(8(12)10(13)14)3-6(11)9(7)16-2/h3-4,8H,12H2,1-2H3,(H,13,14)/t8-/m0/s1. The van der Waals surface area contributed by atoms with Crippen LogP contribution < -0.4 is 15.2 Å². The summed E-state index contributed by atoms with van der Waals surface area (Å²) in [4.78, 5) is 10.8. The highest BCUT2D eigenvalue weighted by Gasteiger charge is 2.18. The molecule has 0 radical (unpaired) electrons. The fourth-order valence-electron chi connectivity index (χ4n) is 1.26. The van der Waals surface area contributed by atoms with Crippen LogP contribution >= 0.6 is 22.6 Å². The molecule has 1 aromatic rings. The van der Waals surface area contributed by atoms with Gasteiger partial charge in [0.05, 0.1) is 17.8 Å². The van der Waals surface area contributed by atoms with Gasteiger partial charge in [0.15, 0.2) is 11.5 Å². The Morgan fingerprint density at radius 1 is 1.44 bits per heavy atom. The van der Waals surface area contributed by atoms with Gasteiger partial charge in [0, 0.05) is 0 Å². The molecule has 0 aliphatic carbocycles. The van der Waals surface area contributed by atoms with Crippen molar-refractivity contribution in [3.63, 3.8) is 0 Å². The lowest BCUT2D eigenvalue weighted by Crippen LogP contribution is -2.20. The fourth-order valence-corrected chi connectivity index (χ4v) is 2.11. The molecule has 0 unspecified atom stereocenters. The van der Waals surface area contributed by atoms with E-state index in [0.29, 0.717) is 17.1 Å². The van der Waals surface area contributed by atoms with Crippen LogP contribution in [0.1, 0.15) is 11.6 Å². The number of carboxylic acid groups (broad SMARTS) is 1. The number of hydrogen-bond acceptors (Lipinski definition) is 4. The molecule has 1 atom stereocenters. The molecule has 0 amide bonds. The first-order valence-corrected chi connectivity index (χ1v) is 5.49. The maximum atomic E-state index is 10.8. The summed E-state index contributed by atoms with van der Waals surface area (Å²) >= 11 is 2.04. The number of halogens is 1. The van der Waals surface area contributed by atoms with Gasteiger partial charge < -0.3 is 20.3 Å². The molecule has 16 heavy (non-hydrogen) atoms. The molecule has 88 valence electrons. The van der Waals surface area contributed by atoms with Crippen molar-refractivity contribution in [1.82, 2.24) is 0 Å². The first-order valence-electron chi connectivity index (χ1n) is 4.41. The summed E-state index contributed by atoms with van der Waals surface area (Å²) in [6.45, 7) is 0. The van der Waals surface area contributed by atoms with E-state index in [-0.39, 0.29) is 0 Å². The predicted molar refractivity (Wildman–Crippen MR) is 66.8 cm³/mol. The summed E-state index contributed by atoms with van der Waals surface area (Å²) in [5, 5.41) is 8.82.